The average molecular weight is 499 g/mol. The summed E-state index contributed by atoms with van der Waals surface area (Å²) in [4.78, 5) is 29.0. The van der Waals surface area contributed by atoms with E-state index in [0.29, 0.717) is 16.3 Å². The van der Waals surface area contributed by atoms with E-state index in [4.69, 9.17) is 9.84 Å². The van der Waals surface area contributed by atoms with E-state index in [9.17, 15) is 9.59 Å². The molecule has 182 valence electrons. The fraction of sp³-hybridized carbons (Fsp3) is 0.138. The average Bonchev–Trinajstić information content (AvgIpc) is 3.28. The predicted octanol–water partition coefficient (Wildman–Crippen LogP) is 6.13. The van der Waals surface area contributed by atoms with E-state index in [-0.39, 0.29) is 12.5 Å². The van der Waals surface area contributed by atoms with Crippen molar-refractivity contribution in [3.05, 3.63) is 100 Å². The molecule has 4 aromatic rings. The summed E-state index contributed by atoms with van der Waals surface area (Å²) in [6.07, 6.45) is 2.67. The lowest BCUT2D eigenvalue weighted by atomic mass is 10.00. The highest BCUT2D eigenvalue weighted by Crippen LogP contribution is 2.30. The molecule has 0 bridgehead atoms. The first-order valence-corrected chi connectivity index (χ1v) is 12.2. The van der Waals surface area contributed by atoms with Gasteiger partial charge >= 0.3 is 5.97 Å². The lowest BCUT2D eigenvalue weighted by Crippen LogP contribution is -2.22. The molecule has 3 aromatic carbocycles. The number of thiazole rings is 1. The van der Waals surface area contributed by atoms with Crippen molar-refractivity contribution in [2.45, 2.75) is 20.4 Å². The number of amides is 1. The Bertz CT molecular complexity index is 1440. The molecule has 1 heterocycles. The maximum atomic E-state index is 13.0. The number of rotatable bonds is 8. The summed E-state index contributed by atoms with van der Waals surface area (Å²) in [6.45, 7) is 4.16. The molecule has 1 amide bonds. The predicted molar refractivity (Wildman–Crippen MR) is 143 cm³/mol. The molecule has 6 nitrogen and oxygen atoms in total. The van der Waals surface area contributed by atoms with Gasteiger partial charge in [-0.15, -0.1) is 11.3 Å². The summed E-state index contributed by atoms with van der Waals surface area (Å²) in [7, 11) is 1.60. The van der Waals surface area contributed by atoms with Gasteiger partial charge in [-0.2, -0.15) is 0 Å². The van der Waals surface area contributed by atoms with Gasteiger partial charge in [0.2, 0.25) is 0 Å². The van der Waals surface area contributed by atoms with Crippen LogP contribution in [0.25, 0.3) is 27.8 Å². The number of nitrogens with one attached hydrogen (secondary N) is 1. The third kappa shape index (κ3) is 5.87. The number of hydrogen-bond acceptors (Lipinski definition) is 5. The highest BCUT2D eigenvalue weighted by molar-refractivity contribution is 7.17. The summed E-state index contributed by atoms with van der Waals surface area (Å²) in [5.41, 5.74) is 6.33. The van der Waals surface area contributed by atoms with Crippen molar-refractivity contribution in [3.63, 3.8) is 0 Å². The summed E-state index contributed by atoms with van der Waals surface area (Å²) in [5, 5.41) is 12.7. The van der Waals surface area contributed by atoms with Crippen molar-refractivity contribution in [2.75, 3.05) is 7.11 Å². The Morgan fingerprint density at radius 3 is 2.44 bits per heavy atom. The first-order valence-electron chi connectivity index (χ1n) is 11.3. The lowest BCUT2D eigenvalue weighted by molar-refractivity contribution is -0.131. The molecule has 0 unspecified atom stereocenters. The van der Waals surface area contributed by atoms with E-state index in [1.165, 1.54) is 16.9 Å². The van der Waals surface area contributed by atoms with Gasteiger partial charge in [0.25, 0.3) is 5.91 Å². The highest BCUT2D eigenvalue weighted by Gasteiger charge is 2.17. The van der Waals surface area contributed by atoms with Crippen LogP contribution in [0.2, 0.25) is 0 Å². The number of aromatic nitrogens is 1. The third-order valence-electron chi connectivity index (χ3n) is 5.66. The molecule has 7 heteroatoms. The Hall–Kier alpha value is -4.23. The SMILES string of the molecule is COc1ccc(-c2cccc(/C=C/C(=O)O)c2)cc1CNC(=O)c1sc(-c2ccc(C)cc2)nc1C. The Kier molecular flexibility index (Phi) is 7.61. The smallest absolute Gasteiger partial charge is 0.328 e. The van der Waals surface area contributed by atoms with Crippen LogP contribution in [0.15, 0.2) is 72.8 Å². The van der Waals surface area contributed by atoms with Gasteiger partial charge in [0.05, 0.1) is 12.8 Å². The monoisotopic (exact) mass is 498 g/mol. The van der Waals surface area contributed by atoms with E-state index in [1.54, 1.807) is 13.2 Å². The minimum atomic E-state index is -0.995. The van der Waals surface area contributed by atoms with Crippen LogP contribution in [-0.2, 0) is 11.3 Å². The molecule has 0 fully saturated rings. The number of carbonyl (C=O) groups excluding carboxylic acids is 1. The Labute approximate surface area is 213 Å². The largest absolute Gasteiger partial charge is 0.496 e. The zero-order valence-corrected chi connectivity index (χ0v) is 21.1. The topological polar surface area (TPSA) is 88.5 Å². The van der Waals surface area contributed by atoms with Crippen molar-refractivity contribution in [3.8, 4) is 27.4 Å². The van der Waals surface area contributed by atoms with Crippen LogP contribution in [0.4, 0.5) is 0 Å². The van der Waals surface area contributed by atoms with Crippen molar-refractivity contribution in [2.24, 2.45) is 0 Å². The molecule has 0 spiro atoms. The van der Waals surface area contributed by atoms with E-state index >= 15 is 0 Å². The van der Waals surface area contributed by atoms with Gasteiger partial charge in [0.15, 0.2) is 0 Å². The van der Waals surface area contributed by atoms with Crippen LogP contribution >= 0.6 is 11.3 Å². The summed E-state index contributed by atoms with van der Waals surface area (Å²) < 4.78 is 5.52. The second kappa shape index (κ2) is 11.0. The Morgan fingerprint density at radius 2 is 1.72 bits per heavy atom. The van der Waals surface area contributed by atoms with Crippen molar-refractivity contribution >= 4 is 29.3 Å². The minimum absolute atomic E-state index is 0.184. The molecule has 36 heavy (non-hydrogen) atoms. The molecule has 4 rings (SSSR count). The molecule has 0 atom stereocenters. The van der Waals surface area contributed by atoms with Crippen LogP contribution < -0.4 is 10.1 Å². The van der Waals surface area contributed by atoms with Gasteiger partial charge in [-0.3, -0.25) is 4.79 Å². The van der Waals surface area contributed by atoms with Crippen LogP contribution in [0, 0.1) is 13.8 Å². The molecular formula is C29H26N2O4S. The van der Waals surface area contributed by atoms with Crippen LogP contribution in [0.1, 0.15) is 32.1 Å². The Balaban J connectivity index is 1.53. The van der Waals surface area contributed by atoms with Gasteiger partial charge in [0.1, 0.15) is 15.6 Å². The second-order valence-corrected chi connectivity index (χ2v) is 9.30. The minimum Gasteiger partial charge on any atom is -0.496 e. The van der Waals surface area contributed by atoms with Crippen LogP contribution in [0.3, 0.4) is 0 Å². The van der Waals surface area contributed by atoms with E-state index in [1.807, 2.05) is 80.6 Å². The molecule has 0 radical (unpaired) electrons. The van der Waals surface area contributed by atoms with Crippen molar-refractivity contribution < 1.29 is 19.4 Å². The number of carboxylic acids is 1. The van der Waals surface area contributed by atoms with Crippen LogP contribution in [0.5, 0.6) is 5.75 Å². The van der Waals surface area contributed by atoms with E-state index in [2.05, 4.69) is 10.3 Å². The number of benzene rings is 3. The molecule has 0 saturated carbocycles. The molecule has 0 aliphatic heterocycles. The van der Waals surface area contributed by atoms with Gasteiger partial charge in [0, 0.05) is 23.7 Å². The number of aliphatic carboxylic acids is 1. The molecular weight excluding hydrogens is 472 g/mol. The zero-order chi connectivity index (χ0) is 25.7. The number of carboxylic acid groups (broad SMARTS) is 1. The van der Waals surface area contributed by atoms with Gasteiger partial charge in [-0.1, -0.05) is 54.1 Å². The van der Waals surface area contributed by atoms with Crippen molar-refractivity contribution in [1.29, 1.82) is 0 Å². The van der Waals surface area contributed by atoms with Gasteiger partial charge < -0.3 is 15.2 Å². The molecule has 1 aromatic heterocycles. The number of aryl methyl sites for hydroxylation is 2. The molecule has 2 N–H and O–H groups in total. The Morgan fingerprint density at radius 1 is 1.00 bits per heavy atom. The standard InChI is InChI=1S/C29H26N2O4S/c1-18-7-10-21(11-8-18)29-31-19(2)27(36-29)28(34)30-17-24-16-23(12-13-25(24)35-3)22-6-4-5-20(15-22)9-14-26(32)33/h4-16H,17H2,1-3H3,(H,30,34)(H,32,33)/b14-9+. The number of hydrogen-bond donors (Lipinski definition) is 2. The van der Waals surface area contributed by atoms with E-state index < -0.39 is 5.97 Å². The number of carbonyl (C=O) groups is 2. The molecule has 0 aliphatic carbocycles. The zero-order valence-electron chi connectivity index (χ0n) is 20.2. The summed E-state index contributed by atoms with van der Waals surface area (Å²) >= 11 is 1.38. The fourth-order valence-electron chi connectivity index (χ4n) is 3.77. The number of ether oxygens (including phenoxy) is 1. The van der Waals surface area contributed by atoms with Gasteiger partial charge in [-0.25, -0.2) is 9.78 Å². The lowest BCUT2D eigenvalue weighted by Gasteiger charge is -2.12. The molecule has 0 aliphatic rings. The quantitative estimate of drug-likeness (QED) is 0.285. The summed E-state index contributed by atoms with van der Waals surface area (Å²) in [6, 6.07) is 21.4. The first-order chi connectivity index (χ1) is 17.3. The van der Waals surface area contributed by atoms with Crippen LogP contribution in [-0.4, -0.2) is 29.1 Å². The second-order valence-electron chi connectivity index (χ2n) is 8.31. The fourth-order valence-corrected chi connectivity index (χ4v) is 4.76. The third-order valence-corrected chi connectivity index (χ3v) is 6.86. The maximum Gasteiger partial charge on any atom is 0.328 e. The first kappa shape index (κ1) is 24.9. The number of methoxy groups -OCH3 is 1. The highest BCUT2D eigenvalue weighted by atomic mass is 32.1. The van der Waals surface area contributed by atoms with Crippen molar-refractivity contribution in [1.82, 2.24) is 10.3 Å². The normalized spacial score (nSPS) is 11.0. The molecule has 0 saturated heterocycles. The number of nitrogens with zero attached hydrogens (tertiary/aromatic N) is 1. The van der Waals surface area contributed by atoms with E-state index in [0.717, 1.165) is 38.9 Å². The maximum absolute atomic E-state index is 13.0. The summed E-state index contributed by atoms with van der Waals surface area (Å²) in [5.74, 6) is -0.510. The van der Waals surface area contributed by atoms with Gasteiger partial charge in [-0.05, 0) is 54.8 Å².